The number of nitrogens with zero attached hydrogens (tertiary/aromatic N) is 2. The van der Waals surface area contributed by atoms with Crippen molar-refractivity contribution in [2.75, 3.05) is 20.3 Å². The number of aromatic nitrogens is 1. The number of hydrogen-bond donors (Lipinski definition) is 1. The third-order valence-corrected chi connectivity index (χ3v) is 5.09. The van der Waals surface area contributed by atoms with Crippen LogP contribution in [-0.4, -0.2) is 49.0 Å². The molecule has 6 nitrogen and oxygen atoms in total. The molecule has 1 aromatic heterocycles. The molecule has 8 heteroatoms. The maximum absolute atomic E-state index is 12.5. The largest absolute Gasteiger partial charge is 0.388 e. The minimum absolute atomic E-state index is 0.113. The molecular formula is C12H19N3O3S2. The Hall–Kier alpha value is -1.09. The van der Waals surface area contributed by atoms with Gasteiger partial charge in [0.05, 0.1) is 12.3 Å². The van der Waals surface area contributed by atoms with E-state index in [1.54, 1.807) is 13.8 Å². The SMILES string of the molecule is CCN(C(C)COC)S(=O)(=O)c1ccc(C(N)=S)nc1. The summed E-state index contributed by atoms with van der Waals surface area (Å²) in [7, 11) is -2.07. The van der Waals surface area contributed by atoms with Crippen LogP contribution in [0.2, 0.25) is 0 Å². The summed E-state index contributed by atoms with van der Waals surface area (Å²) in [5.74, 6) is 0. The molecular weight excluding hydrogens is 298 g/mol. The highest BCUT2D eigenvalue weighted by atomic mass is 32.2. The number of sulfonamides is 1. The molecule has 1 rings (SSSR count). The van der Waals surface area contributed by atoms with Gasteiger partial charge in [0.15, 0.2) is 0 Å². The number of hydrogen-bond acceptors (Lipinski definition) is 5. The third-order valence-electron chi connectivity index (χ3n) is 2.81. The average molecular weight is 317 g/mol. The number of thiocarbonyl (C=S) groups is 1. The predicted molar refractivity (Wildman–Crippen MR) is 81.0 cm³/mol. The summed E-state index contributed by atoms with van der Waals surface area (Å²) >= 11 is 4.79. The molecule has 112 valence electrons. The van der Waals surface area contributed by atoms with Crippen LogP contribution in [0.4, 0.5) is 0 Å². The lowest BCUT2D eigenvalue weighted by atomic mass is 10.3. The molecule has 1 heterocycles. The Morgan fingerprint density at radius 3 is 2.60 bits per heavy atom. The van der Waals surface area contributed by atoms with Crippen LogP contribution in [0, 0.1) is 0 Å². The van der Waals surface area contributed by atoms with Gasteiger partial charge in [0.2, 0.25) is 10.0 Å². The molecule has 0 aliphatic carbocycles. The Balaban J connectivity index is 3.10. The fourth-order valence-corrected chi connectivity index (χ4v) is 3.55. The molecule has 1 aromatic rings. The maximum Gasteiger partial charge on any atom is 0.244 e. The van der Waals surface area contributed by atoms with E-state index in [9.17, 15) is 8.42 Å². The van der Waals surface area contributed by atoms with E-state index in [-0.39, 0.29) is 15.9 Å². The van der Waals surface area contributed by atoms with E-state index in [4.69, 9.17) is 22.7 Å². The average Bonchev–Trinajstić information content (AvgIpc) is 2.39. The summed E-state index contributed by atoms with van der Waals surface area (Å²) in [6.07, 6.45) is 1.27. The first-order valence-corrected chi connectivity index (χ1v) is 7.96. The van der Waals surface area contributed by atoms with E-state index in [1.807, 2.05) is 0 Å². The van der Waals surface area contributed by atoms with Gasteiger partial charge < -0.3 is 10.5 Å². The van der Waals surface area contributed by atoms with Crippen LogP contribution in [0.25, 0.3) is 0 Å². The number of rotatable bonds is 7. The van der Waals surface area contributed by atoms with Crippen molar-refractivity contribution < 1.29 is 13.2 Å². The second kappa shape index (κ2) is 7.07. The molecule has 20 heavy (non-hydrogen) atoms. The van der Waals surface area contributed by atoms with E-state index in [0.717, 1.165) is 0 Å². The second-order valence-electron chi connectivity index (χ2n) is 4.26. The van der Waals surface area contributed by atoms with Gasteiger partial charge in [0, 0.05) is 25.9 Å². The zero-order chi connectivity index (χ0) is 15.3. The van der Waals surface area contributed by atoms with Crippen molar-refractivity contribution >= 4 is 27.2 Å². The van der Waals surface area contributed by atoms with E-state index >= 15 is 0 Å². The van der Waals surface area contributed by atoms with Gasteiger partial charge in [-0.15, -0.1) is 0 Å². The molecule has 0 amide bonds. The van der Waals surface area contributed by atoms with Crippen molar-refractivity contribution in [3.8, 4) is 0 Å². The minimum atomic E-state index is -3.61. The van der Waals surface area contributed by atoms with E-state index in [2.05, 4.69) is 4.98 Å². The molecule has 0 aliphatic rings. The molecule has 0 spiro atoms. The number of methoxy groups -OCH3 is 1. The summed E-state index contributed by atoms with van der Waals surface area (Å²) < 4.78 is 31.4. The normalized spacial score (nSPS) is 13.4. The van der Waals surface area contributed by atoms with E-state index in [0.29, 0.717) is 18.8 Å². The van der Waals surface area contributed by atoms with Gasteiger partial charge in [-0.2, -0.15) is 4.31 Å². The predicted octanol–water partition coefficient (Wildman–Crippen LogP) is 0.761. The van der Waals surface area contributed by atoms with Gasteiger partial charge in [0.25, 0.3) is 0 Å². The summed E-state index contributed by atoms with van der Waals surface area (Å²) in [6.45, 7) is 4.25. The smallest absolute Gasteiger partial charge is 0.244 e. The van der Waals surface area contributed by atoms with Gasteiger partial charge in [-0.05, 0) is 19.1 Å². The summed E-state index contributed by atoms with van der Waals surface area (Å²) in [5.41, 5.74) is 5.83. The van der Waals surface area contributed by atoms with Crippen LogP contribution in [0.1, 0.15) is 19.5 Å². The van der Waals surface area contributed by atoms with Gasteiger partial charge >= 0.3 is 0 Å². The van der Waals surface area contributed by atoms with Crippen molar-refractivity contribution in [3.63, 3.8) is 0 Å². The van der Waals surface area contributed by atoms with Crippen LogP contribution in [0.5, 0.6) is 0 Å². The number of nitrogens with two attached hydrogens (primary N) is 1. The number of ether oxygens (including phenoxy) is 1. The first-order chi connectivity index (χ1) is 9.34. The van der Waals surface area contributed by atoms with Crippen LogP contribution in [-0.2, 0) is 14.8 Å². The minimum Gasteiger partial charge on any atom is -0.388 e. The quantitative estimate of drug-likeness (QED) is 0.747. The van der Waals surface area contributed by atoms with Crippen LogP contribution in [0.3, 0.4) is 0 Å². The van der Waals surface area contributed by atoms with Crippen molar-refractivity contribution in [2.24, 2.45) is 5.73 Å². The lowest BCUT2D eigenvalue weighted by Crippen LogP contribution is -2.40. The molecule has 2 N–H and O–H groups in total. The van der Waals surface area contributed by atoms with Crippen LogP contribution < -0.4 is 5.73 Å². The lowest BCUT2D eigenvalue weighted by Gasteiger charge is -2.26. The van der Waals surface area contributed by atoms with Gasteiger partial charge in [-0.25, -0.2) is 8.42 Å². The molecule has 1 atom stereocenters. The van der Waals surface area contributed by atoms with Gasteiger partial charge in [-0.3, -0.25) is 4.98 Å². The fraction of sp³-hybridized carbons (Fsp3) is 0.500. The summed E-state index contributed by atoms with van der Waals surface area (Å²) in [6, 6.07) is 2.70. The van der Waals surface area contributed by atoms with Crippen LogP contribution in [0.15, 0.2) is 23.2 Å². The Morgan fingerprint density at radius 2 is 2.20 bits per heavy atom. The summed E-state index contributed by atoms with van der Waals surface area (Å²) in [5, 5.41) is 0. The van der Waals surface area contributed by atoms with E-state index < -0.39 is 10.0 Å². The number of pyridine rings is 1. The third kappa shape index (κ3) is 3.72. The lowest BCUT2D eigenvalue weighted by molar-refractivity contribution is 0.142. The van der Waals surface area contributed by atoms with Gasteiger partial charge in [-0.1, -0.05) is 19.1 Å². The van der Waals surface area contributed by atoms with Crippen molar-refractivity contribution in [3.05, 3.63) is 24.0 Å². The zero-order valence-electron chi connectivity index (χ0n) is 11.7. The van der Waals surface area contributed by atoms with Gasteiger partial charge in [0.1, 0.15) is 9.88 Å². The van der Waals surface area contributed by atoms with Crippen LogP contribution >= 0.6 is 12.2 Å². The van der Waals surface area contributed by atoms with E-state index in [1.165, 1.54) is 29.7 Å². The summed E-state index contributed by atoms with van der Waals surface area (Å²) in [4.78, 5) is 4.21. The molecule has 0 fully saturated rings. The zero-order valence-corrected chi connectivity index (χ0v) is 13.4. The second-order valence-corrected chi connectivity index (χ2v) is 6.59. The molecule has 0 radical (unpaired) electrons. The molecule has 0 saturated heterocycles. The molecule has 0 aliphatic heterocycles. The van der Waals surface area contributed by atoms with Crippen molar-refractivity contribution in [2.45, 2.75) is 24.8 Å². The van der Waals surface area contributed by atoms with Crippen molar-refractivity contribution in [1.29, 1.82) is 0 Å². The highest BCUT2D eigenvalue weighted by Crippen LogP contribution is 2.17. The molecule has 0 bridgehead atoms. The fourth-order valence-electron chi connectivity index (χ4n) is 1.86. The highest BCUT2D eigenvalue weighted by molar-refractivity contribution is 7.89. The molecule has 0 aromatic carbocycles. The standard InChI is InChI=1S/C12H19N3O3S2/c1-4-15(9(2)8-18-3)20(16,17)10-5-6-11(12(13)19)14-7-10/h5-7,9H,4,8H2,1-3H3,(H2,13,19). The molecule has 0 saturated carbocycles. The van der Waals surface area contributed by atoms with Crippen molar-refractivity contribution in [1.82, 2.24) is 9.29 Å². The first-order valence-electron chi connectivity index (χ1n) is 6.11. The monoisotopic (exact) mass is 317 g/mol. The Labute approximate surface area is 125 Å². The molecule has 1 unspecified atom stereocenters. The topological polar surface area (TPSA) is 85.5 Å². The Morgan fingerprint density at radius 1 is 1.55 bits per heavy atom. The number of likely N-dealkylation sites (N-methyl/N-ethyl adjacent to an activating group) is 1. The Kier molecular flexibility index (Phi) is 6.00. The Bertz CT molecular complexity index is 558. The maximum atomic E-state index is 12.5. The first kappa shape index (κ1) is 17.0. The highest BCUT2D eigenvalue weighted by Gasteiger charge is 2.27.